The largest absolute Gasteiger partial charge is 0.507 e. The molecule has 1 fully saturated rings. The molecule has 1 aliphatic heterocycles. The number of Topliss-reactive ketones (excluding diaryl/α,β-unsaturated/α-hetero) is 1. The van der Waals surface area contributed by atoms with Crippen molar-refractivity contribution >= 4 is 29.1 Å². The monoisotopic (exact) mass is 473 g/mol. The highest BCUT2D eigenvalue weighted by Crippen LogP contribution is 2.41. The number of halogens is 1. The van der Waals surface area contributed by atoms with Crippen LogP contribution >= 0.6 is 11.6 Å². The number of likely N-dealkylation sites (tertiary alicyclic amines) is 1. The summed E-state index contributed by atoms with van der Waals surface area (Å²) >= 11 is 6.23. The molecule has 1 heterocycles. The third-order valence-corrected chi connectivity index (χ3v) is 5.53. The van der Waals surface area contributed by atoms with Gasteiger partial charge in [-0.15, -0.1) is 0 Å². The van der Waals surface area contributed by atoms with Crippen molar-refractivity contribution in [1.29, 1.82) is 0 Å². The Kier molecular flexibility index (Phi) is 8.00. The summed E-state index contributed by atoms with van der Waals surface area (Å²) in [6.07, 6.45) is -0.0250. The number of ether oxygens (including phenoxy) is 3. The van der Waals surface area contributed by atoms with Gasteiger partial charge < -0.3 is 24.2 Å². The molecule has 33 heavy (non-hydrogen) atoms. The van der Waals surface area contributed by atoms with Crippen LogP contribution < -0.4 is 9.47 Å². The summed E-state index contributed by atoms with van der Waals surface area (Å²) in [5, 5.41) is 11.4. The van der Waals surface area contributed by atoms with Gasteiger partial charge in [-0.25, -0.2) is 0 Å². The molecule has 1 aliphatic rings. The minimum Gasteiger partial charge on any atom is -0.507 e. The van der Waals surface area contributed by atoms with Crippen LogP contribution in [0.5, 0.6) is 11.5 Å². The summed E-state index contributed by atoms with van der Waals surface area (Å²) in [7, 11) is 1.48. The highest BCUT2D eigenvalue weighted by molar-refractivity contribution is 6.46. The van der Waals surface area contributed by atoms with Crippen LogP contribution in [0.15, 0.2) is 48.0 Å². The second kappa shape index (κ2) is 10.7. The van der Waals surface area contributed by atoms with Gasteiger partial charge in [-0.3, -0.25) is 9.59 Å². The van der Waals surface area contributed by atoms with Crippen LogP contribution in [0.25, 0.3) is 5.76 Å². The van der Waals surface area contributed by atoms with Gasteiger partial charge in [0.25, 0.3) is 11.7 Å². The first-order valence-corrected chi connectivity index (χ1v) is 11.1. The first-order chi connectivity index (χ1) is 15.8. The lowest BCUT2D eigenvalue weighted by Gasteiger charge is -2.26. The molecule has 0 spiro atoms. The molecule has 2 aromatic rings. The van der Waals surface area contributed by atoms with Crippen molar-refractivity contribution in [3.8, 4) is 11.5 Å². The normalized spacial score (nSPS) is 17.6. The zero-order valence-corrected chi connectivity index (χ0v) is 19.9. The summed E-state index contributed by atoms with van der Waals surface area (Å²) in [5.74, 6) is -0.741. The van der Waals surface area contributed by atoms with Crippen molar-refractivity contribution in [2.45, 2.75) is 32.9 Å². The van der Waals surface area contributed by atoms with E-state index < -0.39 is 17.7 Å². The topological polar surface area (TPSA) is 85.3 Å². The Labute approximate surface area is 198 Å². The predicted octanol–water partition coefficient (Wildman–Crippen LogP) is 4.59. The number of aliphatic hydroxyl groups is 1. The van der Waals surface area contributed by atoms with E-state index in [9.17, 15) is 14.7 Å². The van der Waals surface area contributed by atoms with E-state index in [1.165, 1.54) is 18.1 Å². The molecule has 0 aromatic heterocycles. The van der Waals surface area contributed by atoms with E-state index in [2.05, 4.69) is 0 Å². The Balaban J connectivity index is 2.12. The molecule has 0 saturated carbocycles. The lowest BCUT2D eigenvalue weighted by atomic mass is 9.95. The number of hydrogen-bond acceptors (Lipinski definition) is 6. The molecule has 2 aromatic carbocycles. The number of carbonyl (C=O) groups excluding carboxylic acids is 2. The summed E-state index contributed by atoms with van der Waals surface area (Å²) in [4.78, 5) is 27.5. The zero-order valence-electron chi connectivity index (χ0n) is 19.1. The van der Waals surface area contributed by atoms with Crippen molar-refractivity contribution in [2.75, 3.05) is 26.9 Å². The maximum Gasteiger partial charge on any atom is 0.295 e. The molecular weight excluding hydrogens is 446 g/mol. The lowest BCUT2D eigenvalue weighted by molar-refractivity contribution is -0.140. The third kappa shape index (κ3) is 5.31. The van der Waals surface area contributed by atoms with Gasteiger partial charge in [0.1, 0.15) is 17.3 Å². The van der Waals surface area contributed by atoms with Crippen LogP contribution in [0.2, 0.25) is 5.02 Å². The molecule has 8 heteroatoms. The average Bonchev–Trinajstić information content (AvgIpc) is 3.04. The summed E-state index contributed by atoms with van der Waals surface area (Å²) in [6, 6.07) is 11.0. The molecule has 3 rings (SSSR count). The number of ketones is 1. The van der Waals surface area contributed by atoms with E-state index in [0.29, 0.717) is 29.2 Å². The first-order valence-electron chi connectivity index (χ1n) is 10.7. The van der Waals surface area contributed by atoms with Crippen LogP contribution in [-0.2, 0) is 14.3 Å². The van der Waals surface area contributed by atoms with Crippen LogP contribution in [0.1, 0.15) is 37.9 Å². The Bertz CT molecular complexity index is 1060. The fraction of sp³-hybridized carbons (Fsp3) is 0.360. The number of amides is 1. The fourth-order valence-electron chi connectivity index (χ4n) is 3.75. The van der Waals surface area contributed by atoms with E-state index in [4.69, 9.17) is 25.8 Å². The van der Waals surface area contributed by atoms with Crippen LogP contribution in [0.4, 0.5) is 0 Å². The van der Waals surface area contributed by atoms with Gasteiger partial charge in [-0.2, -0.15) is 0 Å². The Hall–Kier alpha value is -3.03. The second-order valence-electron chi connectivity index (χ2n) is 7.77. The van der Waals surface area contributed by atoms with Crippen LogP contribution in [-0.4, -0.2) is 54.7 Å². The van der Waals surface area contributed by atoms with E-state index >= 15 is 0 Å². The van der Waals surface area contributed by atoms with Gasteiger partial charge in [0, 0.05) is 12.1 Å². The summed E-state index contributed by atoms with van der Waals surface area (Å²) < 4.78 is 16.4. The van der Waals surface area contributed by atoms with Gasteiger partial charge >= 0.3 is 0 Å². The number of rotatable bonds is 9. The van der Waals surface area contributed by atoms with Crippen LogP contribution in [0, 0.1) is 0 Å². The smallest absolute Gasteiger partial charge is 0.295 e. The number of benzene rings is 2. The molecule has 1 N–H and O–H groups in total. The highest BCUT2D eigenvalue weighted by Gasteiger charge is 2.46. The molecule has 7 nitrogen and oxygen atoms in total. The van der Waals surface area contributed by atoms with Crippen molar-refractivity contribution in [1.82, 2.24) is 4.90 Å². The Morgan fingerprint density at radius 1 is 1.18 bits per heavy atom. The fourth-order valence-corrected chi connectivity index (χ4v) is 4.01. The van der Waals surface area contributed by atoms with Crippen molar-refractivity contribution in [3.05, 3.63) is 64.2 Å². The standard InChI is InChI=1S/C25H28ClNO6/c1-5-32-18-8-6-7-16(13-18)22-21(23(28)17-9-10-20(31-4)19(26)14-17)24(29)25(30)27(22)11-12-33-15(2)3/h6-10,13-15,22,28H,5,11-12H2,1-4H3/b23-21+. The van der Waals surface area contributed by atoms with E-state index in [1.807, 2.05) is 20.8 Å². The van der Waals surface area contributed by atoms with Gasteiger partial charge in [-0.1, -0.05) is 23.7 Å². The minimum absolute atomic E-state index is 0.0144. The Morgan fingerprint density at radius 3 is 2.58 bits per heavy atom. The molecule has 1 amide bonds. The van der Waals surface area contributed by atoms with Crippen molar-refractivity contribution in [2.24, 2.45) is 0 Å². The number of carbonyl (C=O) groups is 2. The maximum absolute atomic E-state index is 13.1. The number of methoxy groups -OCH3 is 1. The predicted molar refractivity (Wildman–Crippen MR) is 126 cm³/mol. The molecule has 1 unspecified atom stereocenters. The number of hydrogen-bond donors (Lipinski definition) is 1. The second-order valence-corrected chi connectivity index (χ2v) is 8.17. The molecule has 1 saturated heterocycles. The van der Waals surface area contributed by atoms with E-state index in [0.717, 1.165) is 0 Å². The maximum atomic E-state index is 13.1. The SMILES string of the molecule is CCOc1cccc(C2/C(=C(\O)c3ccc(OC)c(Cl)c3)C(=O)C(=O)N2CCOC(C)C)c1. The molecule has 1 atom stereocenters. The summed E-state index contributed by atoms with van der Waals surface area (Å²) in [6.45, 7) is 6.56. The van der Waals surface area contributed by atoms with Crippen molar-refractivity contribution in [3.63, 3.8) is 0 Å². The lowest BCUT2D eigenvalue weighted by Crippen LogP contribution is -2.33. The van der Waals surface area contributed by atoms with Gasteiger partial charge in [-0.05, 0) is 56.7 Å². The zero-order chi connectivity index (χ0) is 24.1. The highest BCUT2D eigenvalue weighted by atomic mass is 35.5. The molecule has 176 valence electrons. The van der Waals surface area contributed by atoms with Gasteiger partial charge in [0.2, 0.25) is 0 Å². The third-order valence-electron chi connectivity index (χ3n) is 5.23. The van der Waals surface area contributed by atoms with Crippen LogP contribution in [0.3, 0.4) is 0 Å². The molecule has 0 radical (unpaired) electrons. The average molecular weight is 474 g/mol. The first kappa shape index (κ1) is 24.6. The molecular formula is C25H28ClNO6. The molecule has 0 aliphatic carbocycles. The Morgan fingerprint density at radius 2 is 1.94 bits per heavy atom. The number of aliphatic hydroxyl groups excluding tert-OH is 1. The van der Waals surface area contributed by atoms with Gasteiger partial charge in [0.15, 0.2) is 0 Å². The van der Waals surface area contributed by atoms with Crippen molar-refractivity contribution < 1.29 is 28.9 Å². The van der Waals surface area contributed by atoms with Gasteiger partial charge in [0.05, 0.1) is 43.1 Å². The molecule has 0 bridgehead atoms. The van der Waals surface area contributed by atoms with E-state index in [1.54, 1.807) is 36.4 Å². The minimum atomic E-state index is -0.804. The number of nitrogens with zero attached hydrogens (tertiary/aromatic N) is 1. The van der Waals surface area contributed by atoms with E-state index in [-0.39, 0.29) is 35.6 Å². The quantitative estimate of drug-likeness (QED) is 0.325. The summed E-state index contributed by atoms with van der Waals surface area (Å²) in [5.41, 5.74) is 0.938.